The Morgan fingerprint density at radius 1 is 1.18 bits per heavy atom. The molecule has 1 amide bonds. The lowest BCUT2D eigenvalue weighted by Crippen LogP contribution is -2.44. The highest BCUT2D eigenvalue weighted by Gasteiger charge is 2.16. The summed E-state index contributed by atoms with van der Waals surface area (Å²) in [5, 5.41) is 3.07. The minimum Gasteiger partial charge on any atom is -0.352 e. The van der Waals surface area contributed by atoms with E-state index in [0.717, 1.165) is 39.1 Å². The Hall–Kier alpha value is -1.39. The summed E-state index contributed by atoms with van der Waals surface area (Å²) in [4.78, 5) is 16.8. The van der Waals surface area contributed by atoms with E-state index in [-0.39, 0.29) is 11.8 Å². The predicted octanol–water partition coefficient (Wildman–Crippen LogP) is 2.10. The van der Waals surface area contributed by atoms with E-state index in [0.29, 0.717) is 6.54 Å². The third-order valence-electron chi connectivity index (χ3n) is 4.62. The molecular weight excluding hydrogens is 274 g/mol. The van der Waals surface area contributed by atoms with Gasteiger partial charge in [-0.25, -0.2) is 0 Å². The van der Waals surface area contributed by atoms with Crippen molar-refractivity contribution < 1.29 is 4.79 Å². The molecule has 1 atom stereocenters. The lowest BCUT2D eigenvalue weighted by atomic mass is 10.1. The fourth-order valence-electron chi connectivity index (χ4n) is 2.67. The minimum atomic E-state index is 0.0878. The van der Waals surface area contributed by atoms with Crippen LogP contribution < -0.4 is 5.32 Å². The molecule has 0 bridgehead atoms. The maximum absolute atomic E-state index is 12.0. The molecule has 1 aromatic rings. The van der Waals surface area contributed by atoms with Crippen molar-refractivity contribution in [2.45, 2.75) is 33.4 Å². The highest BCUT2D eigenvalue weighted by molar-refractivity contribution is 5.78. The molecule has 0 aromatic heterocycles. The van der Waals surface area contributed by atoms with Gasteiger partial charge in [-0.1, -0.05) is 38.1 Å². The number of nitrogens with one attached hydrogen (secondary N) is 1. The zero-order valence-corrected chi connectivity index (χ0v) is 14.1. The van der Waals surface area contributed by atoms with E-state index in [1.54, 1.807) is 0 Å². The molecular formula is C18H29N3O. The van der Waals surface area contributed by atoms with Gasteiger partial charge in [-0.05, 0) is 24.6 Å². The molecule has 2 rings (SSSR count). The summed E-state index contributed by atoms with van der Waals surface area (Å²) in [6, 6.07) is 8.45. The van der Waals surface area contributed by atoms with E-state index in [4.69, 9.17) is 0 Å². The predicted molar refractivity (Wildman–Crippen MR) is 90.5 cm³/mol. The molecule has 1 N–H and O–H groups in total. The molecule has 1 fully saturated rings. The van der Waals surface area contributed by atoms with E-state index < -0.39 is 0 Å². The lowest BCUT2D eigenvalue weighted by Gasteiger charge is -2.32. The second-order valence-corrected chi connectivity index (χ2v) is 6.38. The molecule has 0 unspecified atom stereocenters. The Balaban J connectivity index is 1.93. The molecule has 4 heteroatoms. The summed E-state index contributed by atoms with van der Waals surface area (Å²) >= 11 is 0. The van der Waals surface area contributed by atoms with Gasteiger partial charge in [0.15, 0.2) is 0 Å². The fourth-order valence-corrected chi connectivity index (χ4v) is 2.67. The van der Waals surface area contributed by atoms with Crippen molar-refractivity contribution in [1.82, 2.24) is 15.1 Å². The lowest BCUT2D eigenvalue weighted by molar-refractivity contribution is -0.124. The first-order chi connectivity index (χ1) is 10.6. The summed E-state index contributed by atoms with van der Waals surface area (Å²) in [6.45, 7) is 10.1. The second kappa shape index (κ2) is 8.30. The number of benzene rings is 1. The number of hydrogen-bond acceptors (Lipinski definition) is 3. The average Bonchev–Trinajstić information content (AvgIpc) is 2.55. The molecule has 1 saturated heterocycles. The summed E-state index contributed by atoms with van der Waals surface area (Å²) in [5.74, 6) is 0.238. The molecule has 0 spiro atoms. The maximum Gasteiger partial charge on any atom is 0.223 e. The Bertz CT molecular complexity index is 481. The van der Waals surface area contributed by atoms with Crippen LogP contribution in [0.4, 0.5) is 0 Å². The quantitative estimate of drug-likeness (QED) is 0.874. The van der Waals surface area contributed by atoms with Crippen LogP contribution in [0.15, 0.2) is 24.3 Å². The van der Waals surface area contributed by atoms with Crippen LogP contribution in [0.2, 0.25) is 0 Å². The van der Waals surface area contributed by atoms with Crippen LogP contribution >= 0.6 is 0 Å². The highest BCUT2D eigenvalue weighted by Crippen LogP contribution is 2.13. The first-order valence-corrected chi connectivity index (χ1v) is 8.35. The SMILES string of the molecule is CC[C@H](C)C(=O)NCc1ccccc1CN1CCN(C)CC1. The second-order valence-electron chi connectivity index (χ2n) is 6.38. The smallest absolute Gasteiger partial charge is 0.223 e. The van der Waals surface area contributed by atoms with E-state index in [1.165, 1.54) is 11.1 Å². The molecule has 0 saturated carbocycles. The number of amides is 1. The van der Waals surface area contributed by atoms with Gasteiger partial charge in [-0.3, -0.25) is 9.69 Å². The topological polar surface area (TPSA) is 35.6 Å². The minimum absolute atomic E-state index is 0.0878. The molecule has 1 aromatic carbocycles. The van der Waals surface area contributed by atoms with Crippen molar-refractivity contribution in [1.29, 1.82) is 0 Å². The molecule has 1 aliphatic rings. The van der Waals surface area contributed by atoms with Crippen molar-refractivity contribution >= 4 is 5.91 Å². The zero-order chi connectivity index (χ0) is 15.9. The maximum atomic E-state index is 12.0. The molecule has 4 nitrogen and oxygen atoms in total. The first-order valence-electron chi connectivity index (χ1n) is 8.35. The third kappa shape index (κ3) is 4.82. The van der Waals surface area contributed by atoms with Crippen molar-refractivity contribution in [3.63, 3.8) is 0 Å². The van der Waals surface area contributed by atoms with Crippen LogP contribution in [0, 0.1) is 5.92 Å². The summed E-state index contributed by atoms with van der Waals surface area (Å²) in [7, 11) is 2.18. The number of carbonyl (C=O) groups excluding carboxylic acids is 1. The van der Waals surface area contributed by atoms with Gasteiger partial charge >= 0.3 is 0 Å². The Kier molecular flexibility index (Phi) is 6.40. The molecule has 0 radical (unpaired) electrons. The Morgan fingerprint density at radius 3 is 2.45 bits per heavy atom. The van der Waals surface area contributed by atoms with Crippen LogP contribution in [-0.2, 0) is 17.9 Å². The standard InChI is InChI=1S/C18H29N3O/c1-4-15(2)18(22)19-13-16-7-5-6-8-17(16)14-21-11-9-20(3)10-12-21/h5-8,15H,4,9-14H2,1-3H3,(H,19,22)/t15-/m0/s1. The molecule has 122 valence electrons. The van der Waals surface area contributed by atoms with E-state index in [1.807, 2.05) is 13.8 Å². The number of rotatable bonds is 6. The van der Waals surface area contributed by atoms with Gasteiger partial charge in [-0.15, -0.1) is 0 Å². The van der Waals surface area contributed by atoms with E-state index >= 15 is 0 Å². The van der Waals surface area contributed by atoms with E-state index in [2.05, 4.69) is 46.4 Å². The fraction of sp³-hybridized carbons (Fsp3) is 0.611. The largest absolute Gasteiger partial charge is 0.352 e. The summed E-state index contributed by atoms with van der Waals surface area (Å²) in [6.07, 6.45) is 0.884. The van der Waals surface area contributed by atoms with Gasteiger partial charge in [0.05, 0.1) is 0 Å². The molecule has 1 heterocycles. The van der Waals surface area contributed by atoms with Gasteiger partial charge < -0.3 is 10.2 Å². The van der Waals surface area contributed by atoms with Crippen LogP contribution in [0.25, 0.3) is 0 Å². The van der Waals surface area contributed by atoms with Gasteiger partial charge in [0.2, 0.25) is 5.91 Å². The monoisotopic (exact) mass is 303 g/mol. The number of carbonyl (C=O) groups is 1. The average molecular weight is 303 g/mol. The van der Waals surface area contributed by atoms with Crippen LogP contribution in [0.3, 0.4) is 0 Å². The molecule has 0 aliphatic carbocycles. The van der Waals surface area contributed by atoms with Crippen molar-refractivity contribution in [2.24, 2.45) is 5.92 Å². The Labute approximate surface area is 134 Å². The summed E-state index contributed by atoms with van der Waals surface area (Å²) in [5.41, 5.74) is 2.56. The number of piperazine rings is 1. The van der Waals surface area contributed by atoms with Crippen molar-refractivity contribution in [3.8, 4) is 0 Å². The molecule has 22 heavy (non-hydrogen) atoms. The highest BCUT2D eigenvalue weighted by atomic mass is 16.1. The molecule has 1 aliphatic heterocycles. The van der Waals surface area contributed by atoms with Gasteiger partial charge in [0.25, 0.3) is 0 Å². The van der Waals surface area contributed by atoms with Crippen LogP contribution in [0.1, 0.15) is 31.4 Å². The Morgan fingerprint density at radius 2 is 1.82 bits per heavy atom. The summed E-state index contributed by atoms with van der Waals surface area (Å²) < 4.78 is 0. The van der Waals surface area contributed by atoms with Crippen LogP contribution in [0.5, 0.6) is 0 Å². The number of hydrogen-bond donors (Lipinski definition) is 1. The van der Waals surface area contributed by atoms with Gasteiger partial charge in [0.1, 0.15) is 0 Å². The number of nitrogens with zero attached hydrogens (tertiary/aromatic N) is 2. The zero-order valence-electron chi connectivity index (χ0n) is 14.1. The van der Waals surface area contributed by atoms with Crippen molar-refractivity contribution in [2.75, 3.05) is 33.2 Å². The first kappa shape index (κ1) is 17.0. The third-order valence-corrected chi connectivity index (χ3v) is 4.62. The normalized spacial score (nSPS) is 18.1. The van der Waals surface area contributed by atoms with Gasteiger partial charge in [-0.2, -0.15) is 0 Å². The van der Waals surface area contributed by atoms with E-state index in [9.17, 15) is 4.79 Å². The van der Waals surface area contributed by atoms with Gasteiger partial charge in [0, 0.05) is 45.2 Å². The van der Waals surface area contributed by atoms with Crippen LogP contribution in [-0.4, -0.2) is 48.9 Å². The van der Waals surface area contributed by atoms with Crippen molar-refractivity contribution in [3.05, 3.63) is 35.4 Å². The number of likely N-dealkylation sites (N-methyl/N-ethyl adjacent to an activating group) is 1.